The monoisotopic (exact) mass is 148 g/mol. The zero-order chi connectivity index (χ0) is 3.58. The molecule has 0 aromatic rings. The van der Waals surface area contributed by atoms with Crippen molar-refractivity contribution in [2.75, 3.05) is 0 Å². The average Bonchev–Trinajstić information content (AvgIpc) is 0.811. The molecule has 0 heterocycles. The van der Waals surface area contributed by atoms with Crippen molar-refractivity contribution in [1.82, 2.24) is 0 Å². The van der Waals surface area contributed by atoms with E-state index >= 15 is 0 Å². The van der Waals surface area contributed by atoms with Gasteiger partial charge in [-0.05, 0) is 0 Å². The first-order valence-corrected chi connectivity index (χ1v) is 0.781. The van der Waals surface area contributed by atoms with E-state index in [4.69, 9.17) is 4.79 Å². The van der Waals surface area contributed by atoms with Gasteiger partial charge in [0.2, 0.25) is 0 Å². The largest absolute Gasteiger partial charge is 0.352 e. The second kappa shape index (κ2) is 8.92. The maximum absolute atomic E-state index is 9.00. The summed E-state index contributed by atoms with van der Waals surface area (Å²) in [6.45, 7) is 0. The predicted octanol–water partition coefficient (Wildman–Crippen LogP) is -0.557. The zero-order valence-electron chi connectivity index (χ0n) is 2.88. The number of urea groups is 1. The molecule has 0 aromatic heterocycles. The summed E-state index contributed by atoms with van der Waals surface area (Å²) in [5.74, 6) is 0. The first kappa shape index (κ1) is 16.5. The summed E-state index contributed by atoms with van der Waals surface area (Å²) in [6.07, 6.45) is 0. The van der Waals surface area contributed by atoms with Crippen molar-refractivity contribution in [3.8, 4) is 0 Å². The van der Waals surface area contributed by atoms with Crippen LogP contribution in [0.4, 0.5) is 4.79 Å². The molecule has 0 bridgehead atoms. The molecule has 0 saturated heterocycles. The fourth-order valence-electron chi connectivity index (χ4n) is 0. The van der Waals surface area contributed by atoms with Gasteiger partial charge < -0.3 is 11.5 Å². The van der Waals surface area contributed by atoms with Crippen LogP contribution in [-0.4, -0.2) is 6.03 Å². The van der Waals surface area contributed by atoms with Crippen molar-refractivity contribution in [3.05, 3.63) is 0 Å². The summed E-state index contributed by atoms with van der Waals surface area (Å²) in [4.78, 5) is 9.00. The summed E-state index contributed by atoms with van der Waals surface area (Å²) in [5, 5.41) is 0. The van der Waals surface area contributed by atoms with Crippen molar-refractivity contribution in [3.63, 3.8) is 0 Å². The van der Waals surface area contributed by atoms with Crippen LogP contribution < -0.4 is 11.5 Å². The number of nitrogens with two attached hydrogens (primary N) is 2. The van der Waals surface area contributed by atoms with E-state index in [-0.39, 0.29) is 29.8 Å². The molecular formula is CH5ClCrN2O. The van der Waals surface area contributed by atoms with E-state index in [1.807, 2.05) is 0 Å². The maximum atomic E-state index is 9.00. The van der Waals surface area contributed by atoms with E-state index in [0.29, 0.717) is 0 Å². The number of hydrogen-bond acceptors (Lipinski definition) is 1. The van der Waals surface area contributed by atoms with E-state index in [1.54, 1.807) is 0 Å². The Bertz CT molecular complexity index is 36.5. The van der Waals surface area contributed by atoms with Crippen LogP contribution in [0.15, 0.2) is 0 Å². The van der Waals surface area contributed by atoms with E-state index in [9.17, 15) is 0 Å². The van der Waals surface area contributed by atoms with Crippen molar-refractivity contribution in [1.29, 1.82) is 0 Å². The molecule has 0 radical (unpaired) electrons. The Morgan fingerprint density at radius 1 is 1.33 bits per heavy atom. The van der Waals surface area contributed by atoms with Crippen LogP contribution in [0.1, 0.15) is 0 Å². The van der Waals surface area contributed by atoms with Gasteiger partial charge in [-0.15, -0.1) is 12.4 Å². The number of rotatable bonds is 0. The number of halogens is 1. The standard InChI is InChI=1S/CH4N2O.ClH.Cr/c2-1(3)4;;/h(H4,2,3,4);1H;. The van der Waals surface area contributed by atoms with E-state index < -0.39 is 6.03 Å². The minimum atomic E-state index is -0.833. The number of carbonyl (C=O) groups is 1. The Morgan fingerprint density at radius 2 is 1.33 bits per heavy atom. The third kappa shape index (κ3) is 4580. The molecule has 2 amide bonds. The van der Waals surface area contributed by atoms with Crippen LogP contribution in [0.5, 0.6) is 0 Å². The topological polar surface area (TPSA) is 69.1 Å². The molecule has 0 spiro atoms. The van der Waals surface area contributed by atoms with Crippen LogP contribution >= 0.6 is 12.4 Å². The molecule has 3 nitrogen and oxygen atoms in total. The van der Waals surface area contributed by atoms with Crippen LogP contribution in [-0.2, 0) is 17.4 Å². The molecule has 38 valence electrons. The minimum absolute atomic E-state index is 0. The van der Waals surface area contributed by atoms with Gasteiger partial charge in [0.05, 0.1) is 0 Å². The van der Waals surface area contributed by atoms with Gasteiger partial charge in [-0.3, -0.25) is 0 Å². The molecule has 0 rings (SSSR count). The molecule has 0 aromatic carbocycles. The maximum Gasteiger partial charge on any atom is 0.309 e. The van der Waals surface area contributed by atoms with Gasteiger partial charge in [0, 0.05) is 17.4 Å². The van der Waals surface area contributed by atoms with Gasteiger partial charge in [-0.1, -0.05) is 0 Å². The molecule has 5 heteroatoms. The number of amides is 2. The van der Waals surface area contributed by atoms with Crippen molar-refractivity contribution < 1.29 is 22.2 Å². The number of carbonyl (C=O) groups excluding carboxylic acids is 1. The molecule has 0 aliphatic heterocycles. The van der Waals surface area contributed by atoms with Crippen molar-refractivity contribution in [2.24, 2.45) is 11.5 Å². The van der Waals surface area contributed by atoms with Gasteiger partial charge in [0.15, 0.2) is 0 Å². The Hall–Kier alpha value is 0.0925. The summed E-state index contributed by atoms with van der Waals surface area (Å²) in [5.41, 5.74) is 8.50. The Morgan fingerprint density at radius 3 is 1.33 bits per heavy atom. The van der Waals surface area contributed by atoms with E-state index in [0.717, 1.165) is 0 Å². The van der Waals surface area contributed by atoms with Gasteiger partial charge in [-0.25, -0.2) is 4.79 Å². The second-order valence-corrected chi connectivity index (χ2v) is 0.402. The molecule has 0 fully saturated rings. The molecular weight excluding hydrogens is 143 g/mol. The molecule has 0 atom stereocenters. The minimum Gasteiger partial charge on any atom is -0.352 e. The van der Waals surface area contributed by atoms with Crippen LogP contribution in [0, 0.1) is 0 Å². The SMILES string of the molecule is Cl.NC(N)=O.[Cr]. The predicted molar refractivity (Wildman–Crippen MR) is 21.0 cm³/mol. The van der Waals surface area contributed by atoms with Gasteiger partial charge in [0.25, 0.3) is 0 Å². The molecule has 4 N–H and O–H groups in total. The third-order valence-electron chi connectivity index (χ3n) is 0. The molecule has 0 unspecified atom stereocenters. The number of primary amides is 2. The summed E-state index contributed by atoms with van der Waals surface area (Å²) in [7, 11) is 0. The fraction of sp³-hybridized carbons (Fsp3) is 0. The average molecular weight is 149 g/mol. The van der Waals surface area contributed by atoms with Crippen LogP contribution in [0.2, 0.25) is 0 Å². The molecule has 6 heavy (non-hydrogen) atoms. The third-order valence-corrected chi connectivity index (χ3v) is 0. The molecule has 0 aliphatic rings. The summed E-state index contributed by atoms with van der Waals surface area (Å²) < 4.78 is 0. The van der Waals surface area contributed by atoms with Gasteiger partial charge in [0.1, 0.15) is 0 Å². The van der Waals surface area contributed by atoms with Crippen molar-refractivity contribution >= 4 is 18.4 Å². The van der Waals surface area contributed by atoms with Crippen LogP contribution in [0.3, 0.4) is 0 Å². The second-order valence-electron chi connectivity index (χ2n) is 0.402. The van der Waals surface area contributed by atoms with Crippen LogP contribution in [0.25, 0.3) is 0 Å². The Labute approximate surface area is 52.6 Å². The smallest absolute Gasteiger partial charge is 0.309 e. The summed E-state index contributed by atoms with van der Waals surface area (Å²) in [6, 6.07) is -0.833. The first-order chi connectivity index (χ1) is 1.73. The number of hydrogen-bond donors (Lipinski definition) is 2. The Kier molecular flexibility index (Phi) is 24.6. The Balaban J connectivity index is -0.0000000450. The first-order valence-electron chi connectivity index (χ1n) is 0.781. The van der Waals surface area contributed by atoms with Gasteiger partial charge in [-0.2, -0.15) is 0 Å². The van der Waals surface area contributed by atoms with Gasteiger partial charge >= 0.3 is 6.03 Å². The van der Waals surface area contributed by atoms with Crippen molar-refractivity contribution in [2.45, 2.75) is 0 Å². The molecule has 0 aliphatic carbocycles. The zero-order valence-corrected chi connectivity index (χ0v) is 4.97. The quantitative estimate of drug-likeness (QED) is 0.475. The summed E-state index contributed by atoms with van der Waals surface area (Å²) >= 11 is 0. The van der Waals surface area contributed by atoms with E-state index in [1.165, 1.54) is 0 Å². The fourth-order valence-corrected chi connectivity index (χ4v) is 0. The normalized spacial score (nSPS) is 4.00. The molecule has 0 saturated carbocycles. The van der Waals surface area contributed by atoms with E-state index in [2.05, 4.69) is 11.5 Å².